The third-order valence-electron chi connectivity index (χ3n) is 8.27. The van der Waals surface area contributed by atoms with Crippen LogP contribution >= 0.6 is 0 Å². The molecule has 41 heavy (non-hydrogen) atoms. The first-order chi connectivity index (χ1) is 20.2. The monoisotopic (exact) mass is 556 g/mol. The number of aromatic nitrogens is 2. The Balaban J connectivity index is 0.923. The molecule has 1 unspecified atom stereocenters. The highest BCUT2D eigenvalue weighted by molar-refractivity contribution is 5.96. The minimum Gasteiger partial charge on any atom is -0.449 e. The number of ketones is 1. The predicted octanol–water partition coefficient (Wildman–Crippen LogP) is 4.96. The molecule has 1 aliphatic carbocycles. The fraction of sp³-hybridized carbons (Fsp3) is 0.438. The summed E-state index contributed by atoms with van der Waals surface area (Å²) in [5.41, 5.74) is 5.28. The lowest BCUT2D eigenvalue weighted by Gasteiger charge is -2.32. The second-order valence-electron chi connectivity index (χ2n) is 10.9. The van der Waals surface area contributed by atoms with Crippen LogP contribution in [0.25, 0.3) is 11.1 Å². The Morgan fingerprint density at radius 2 is 1.61 bits per heavy atom. The number of alkyl carbamates (subject to hydrolysis) is 1. The van der Waals surface area contributed by atoms with Crippen molar-refractivity contribution < 1.29 is 23.8 Å². The van der Waals surface area contributed by atoms with E-state index in [1.807, 2.05) is 24.3 Å². The molecule has 0 radical (unpaired) electrons. The molecule has 6 rings (SSSR count). The lowest BCUT2D eigenvalue weighted by molar-refractivity contribution is -0.155. The van der Waals surface area contributed by atoms with Crippen molar-refractivity contribution in [2.75, 3.05) is 44.4 Å². The van der Waals surface area contributed by atoms with Crippen molar-refractivity contribution in [1.29, 1.82) is 0 Å². The Kier molecular flexibility index (Phi) is 8.53. The number of amides is 1. The Hall–Kier alpha value is -3.82. The second-order valence-corrected chi connectivity index (χ2v) is 10.9. The van der Waals surface area contributed by atoms with Crippen molar-refractivity contribution in [1.82, 2.24) is 15.3 Å². The van der Waals surface area contributed by atoms with Gasteiger partial charge >= 0.3 is 6.09 Å². The first kappa shape index (κ1) is 27.4. The van der Waals surface area contributed by atoms with Crippen LogP contribution in [0.1, 0.15) is 59.5 Å². The number of fused-ring (bicyclic) bond motifs is 3. The van der Waals surface area contributed by atoms with Crippen molar-refractivity contribution >= 4 is 17.8 Å². The zero-order chi connectivity index (χ0) is 28.0. The Labute approximate surface area is 240 Å². The number of ether oxygens (including phenoxy) is 3. The molecular weight excluding hydrogens is 520 g/mol. The van der Waals surface area contributed by atoms with Crippen molar-refractivity contribution in [3.63, 3.8) is 0 Å². The van der Waals surface area contributed by atoms with Gasteiger partial charge in [-0.1, -0.05) is 48.5 Å². The molecule has 1 aromatic heterocycles. The summed E-state index contributed by atoms with van der Waals surface area (Å²) in [6.45, 7) is 3.10. The maximum Gasteiger partial charge on any atom is 0.407 e. The number of carbonyl (C=O) groups is 2. The topological polar surface area (TPSA) is 103 Å². The van der Waals surface area contributed by atoms with Gasteiger partial charge in [0.25, 0.3) is 0 Å². The van der Waals surface area contributed by atoms with Crippen LogP contribution < -0.4 is 10.2 Å². The van der Waals surface area contributed by atoms with Crippen LogP contribution in [0.15, 0.2) is 60.9 Å². The Morgan fingerprint density at radius 3 is 2.27 bits per heavy atom. The largest absolute Gasteiger partial charge is 0.449 e. The zero-order valence-electron chi connectivity index (χ0n) is 23.2. The number of nitrogens with one attached hydrogen (secondary N) is 1. The molecule has 3 heterocycles. The van der Waals surface area contributed by atoms with Gasteiger partial charge in [-0.2, -0.15) is 0 Å². The molecule has 2 saturated heterocycles. The lowest BCUT2D eigenvalue weighted by atomic mass is 9.97. The molecule has 9 nitrogen and oxygen atoms in total. The number of benzene rings is 2. The lowest BCUT2D eigenvalue weighted by Crippen LogP contribution is -2.39. The second kappa shape index (κ2) is 12.8. The van der Waals surface area contributed by atoms with Gasteiger partial charge in [0.2, 0.25) is 5.95 Å². The third kappa shape index (κ3) is 6.41. The van der Waals surface area contributed by atoms with Gasteiger partial charge in [0, 0.05) is 44.6 Å². The van der Waals surface area contributed by atoms with Crippen LogP contribution in [0.4, 0.5) is 10.7 Å². The van der Waals surface area contributed by atoms with Gasteiger partial charge in [-0.3, -0.25) is 4.79 Å². The fourth-order valence-corrected chi connectivity index (χ4v) is 5.94. The van der Waals surface area contributed by atoms with E-state index in [9.17, 15) is 9.59 Å². The number of Topliss-reactive ketones (excluding diaryl/α,β-unsaturated/α-hetero) is 1. The van der Waals surface area contributed by atoms with E-state index in [-0.39, 0.29) is 30.7 Å². The zero-order valence-corrected chi connectivity index (χ0v) is 23.2. The maximum absolute atomic E-state index is 12.6. The minimum absolute atomic E-state index is 0.0323. The fourth-order valence-electron chi connectivity index (χ4n) is 5.94. The van der Waals surface area contributed by atoms with E-state index < -0.39 is 0 Å². The summed E-state index contributed by atoms with van der Waals surface area (Å²) >= 11 is 0. The van der Waals surface area contributed by atoms with Gasteiger partial charge in [0.1, 0.15) is 13.2 Å². The van der Waals surface area contributed by atoms with Crippen LogP contribution in [-0.2, 0) is 14.2 Å². The molecule has 0 saturated carbocycles. The van der Waals surface area contributed by atoms with Crippen LogP contribution in [-0.4, -0.2) is 67.6 Å². The van der Waals surface area contributed by atoms with Gasteiger partial charge in [-0.25, -0.2) is 14.8 Å². The maximum atomic E-state index is 12.6. The summed E-state index contributed by atoms with van der Waals surface area (Å²) in [5, 5.41) is 2.97. The Morgan fingerprint density at radius 1 is 0.927 bits per heavy atom. The van der Waals surface area contributed by atoms with E-state index in [4.69, 9.17) is 14.2 Å². The van der Waals surface area contributed by atoms with Crippen LogP contribution in [0.2, 0.25) is 0 Å². The summed E-state index contributed by atoms with van der Waals surface area (Å²) < 4.78 is 16.8. The minimum atomic E-state index is -0.378. The van der Waals surface area contributed by atoms with E-state index in [0.29, 0.717) is 37.2 Å². The molecular formula is C32H36N4O5. The van der Waals surface area contributed by atoms with Crippen LogP contribution in [0.5, 0.6) is 0 Å². The first-order valence-electron chi connectivity index (χ1n) is 14.6. The normalized spacial score (nSPS) is 18.9. The highest BCUT2D eigenvalue weighted by Gasteiger charge is 2.29. The van der Waals surface area contributed by atoms with Gasteiger partial charge in [-0.05, 0) is 60.3 Å². The highest BCUT2D eigenvalue weighted by Crippen LogP contribution is 2.44. The Bertz CT molecular complexity index is 1300. The van der Waals surface area contributed by atoms with Gasteiger partial charge < -0.3 is 24.4 Å². The number of nitrogens with zero attached hydrogens (tertiary/aromatic N) is 3. The molecule has 9 heteroatoms. The molecule has 0 spiro atoms. The molecule has 214 valence electrons. The van der Waals surface area contributed by atoms with E-state index >= 15 is 0 Å². The van der Waals surface area contributed by atoms with Gasteiger partial charge in [0.05, 0.1) is 5.56 Å². The first-order valence-corrected chi connectivity index (χ1v) is 14.6. The average Bonchev–Trinajstić information content (AvgIpc) is 3.36. The quantitative estimate of drug-likeness (QED) is 0.369. The standard InChI is InChI=1S/C32H36N4O5/c37-29(21-40-30-11-5-6-16-39-30)23-18-33-31(34-19-23)36-14-12-22(13-15-36)17-35-32(38)41-20-28-26-9-3-1-7-24(26)25-8-2-4-10-27(25)28/h1-4,7-10,18-19,22,28,30H,5-6,11-17,20-21H2,(H,35,38). The molecule has 2 aliphatic heterocycles. The number of hydrogen-bond donors (Lipinski definition) is 1. The van der Waals surface area contributed by atoms with E-state index in [1.165, 1.54) is 22.3 Å². The molecule has 0 bridgehead atoms. The summed E-state index contributed by atoms with van der Waals surface area (Å²) in [5.74, 6) is 0.869. The van der Waals surface area contributed by atoms with Gasteiger partial charge in [0.15, 0.2) is 12.1 Å². The van der Waals surface area contributed by atoms with E-state index in [1.54, 1.807) is 12.4 Å². The summed E-state index contributed by atoms with van der Waals surface area (Å²) in [7, 11) is 0. The predicted molar refractivity (Wildman–Crippen MR) is 154 cm³/mol. The molecule has 1 N–H and O–H groups in total. The van der Waals surface area contributed by atoms with Crippen molar-refractivity contribution in [3.8, 4) is 11.1 Å². The summed E-state index contributed by atoms with van der Waals surface area (Å²) in [6.07, 6.45) is 7.19. The number of carbonyl (C=O) groups excluding carboxylic acids is 2. The molecule has 1 atom stereocenters. The molecule has 3 aromatic rings. The molecule has 2 fully saturated rings. The number of hydrogen-bond acceptors (Lipinski definition) is 8. The molecule has 3 aliphatic rings. The van der Waals surface area contributed by atoms with E-state index in [2.05, 4.69) is 44.5 Å². The van der Waals surface area contributed by atoms with Crippen molar-refractivity contribution in [2.24, 2.45) is 5.92 Å². The van der Waals surface area contributed by atoms with Crippen molar-refractivity contribution in [3.05, 3.63) is 77.6 Å². The van der Waals surface area contributed by atoms with Gasteiger partial charge in [-0.15, -0.1) is 0 Å². The number of rotatable bonds is 9. The SMILES string of the molecule is O=C(NCC1CCN(c2ncc(C(=O)COC3CCCCO3)cn2)CC1)OCC1c2ccccc2-c2ccccc21. The summed E-state index contributed by atoms with van der Waals surface area (Å²) in [6, 6.07) is 16.7. The number of anilines is 1. The van der Waals surface area contributed by atoms with E-state index in [0.717, 1.165) is 45.2 Å². The highest BCUT2D eigenvalue weighted by atomic mass is 16.7. The van der Waals surface area contributed by atoms with Crippen LogP contribution in [0.3, 0.4) is 0 Å². The number of piperidine rings is 1. The summed E-state index contributed by atoms with van der Waals surface area (Å²) in [4.78, 5) is 36.0. The third-order valence-corrected chi connectivity index (χ3v) is 8.27. The average molecular weight is 557 g/mol. The van der Waals surface area contributed by atoms with Crippen molar-refractivity contribution in [2.45, 2.75) is 44.3 Å². The molecule has 2 aromatic carbocycles. The smallest absolute Gasteiger partial charge is 0.407 e. The molecule has 1 amide bonds. The van der Waals surface area contributed by atoms with Crippen LogP contribution in [0, 0.1) is 5.92 Å².